The van der Waals surface area contributed by atoms with E-state index in [1.165, 1.54) is 6.07 Å². The predicted octanol–water partition coefficient (Wildman–Crippen LogP) is -0.166. The van der Waals surface area contributed by atoms with Crippen LogP contribution in [0, 0.1) is 0 Å². The summed E-state index contributed by atoms with van der Waals surface area (Å²) < 4.78 is 0. The Morgan fingerprint density at radius 2 is 2.00 bits per heavy atom. The van der Waals surface area contributed by atoms with Crippen LogP contribution >= 0.6 is 0 Å². The Morgan fingerprint density at radius 3 is 2.53 bits per heavy atom. The van der Waals surface area contributed by atoms with Crippen LogP contribution in [0.2, 0.25) is 0 Å². The lowest BCUT2D eigenvalue weighted by Gasteiger charge is -2.13. The summed E-state index contributed by atoms with van der Waals surface area (Å²) >= 11 is 0. The van der Waals surface area contributed by atoms with Gasteiger partial charge in [0.25, 0.3) is 5.91 Å². The van der Waals surface area contributed by atoms with Gasteiger partial charge < -0.3 is 21.3 Å². The average molecular weight is 238 g/mol. The summed E-state index contributed by atoms with van der Waals surface area (Å²) in [6, 6.07) is 5.24. The second kappa shape index (κ2) is 5.86. The maximum atomic E-state index is 11.7. The third-order valence-electron chi connectivity index (χ3n) is 2.23. The van der Waals surface area contributed by atoms with Gasteiger partial charge in [-0.25, -0.2) is 4.79 Å². The van der Waals surface area contributed by atoms with E-state index in [1.807, 2.05) is 0 Å². The molecule has 1 atom stereocenters. The molecule has 0 spiro atoms. The molecule has 0 fully saturated rings. The van der Waals surface area contributed by atoms with E-state index in [2.05, 4.69) is 5.32 Å². The lowest BCUT2D eigenvalue weighted by atomic mass is 10.1. The third-order valence-corrected chi connectivity index (χ3v) is 2.23. The van der Waals surface area contributed by atoms with E-state index in [-0.39, 0.29) is 24.3 Å². The largest absolute Gasteiger partial charge is 0.480 e. The Kier molecular flexibility index (Phi) is 4.47. The number of para-hydroxylation sites is 1. The predicted molar refractivity (Wildman–Crippen MR) is 61.4 cm³/mol. The standard InChI is InChI=1S/C11H14N2O4/c12-8-4-2-1-3-7(8)10(15)13-9(5-6-14)11(16)17/h1-4,9,14H,5-6,12H2,(H,13,15)(H,16,17)/t9-/m0/s1. The quantitative estimate of drug-likeness (QED) is 0.532. The van der Waals surface area contributed by atoms with Gasteiger partial charge >= 0.3 is 5.97 Å². The fraction of sp³-hybridized carbons (Fsp3) is 0.273. The molecule has 1 aromatic carbocycles. The van der Waals surface area contributed by atoms with E-state index < -0.39 is 17.9 Å². The molecule has 0 aliphatic heterocycles. The normalized spacial score (nSPS) is 11.8. The first-order valence-corrected chi connectivity index (χ1v) is 5.05. The van der Waals surface area contributed by atoms with E-state index in [0.29, 0.717) is 0 Å². The van der Waals surface area contributed by atoms with Crippen LogP contribution in [0.1, 0.15) is 16.8 Å². The smallest absolute Gasteiger partial charge is 0.326 e. The number of nitrogens with one attached hydrogen (secondary N) is 1. The highest BCUT2D eigenvalue weighted by molar-refractivity contribution is 6.00. The summed E-state index contributed by atoms with van der Waals surface area (Å²) in [7, 11) is 0. The maximum Gasteiger partial charge on any atom is 0.326 e. The van der Waals surface area contributed by atoms with E-state index >= 15 is 0 Å². The van der Waals surface area contributed by atoms with Crippen LogP contribution in [0.5, 0.6) is 0 Å². The molecule has 0 bridgehead atoms. The van der Waals surface area contributed by atoms with Crippen LogP contribution in [0.4, 0.5) is 5.69 Å². The number of nitrogen functional groups attached to an aromatic ring is 1. The first-order chi connectivity index (χ1) is 8.06. The third kappa shape index (κ3) is 3.46. The SMILES string of the molecule is Nc1ccccc1C(=O)N[C@@H](CCO)C(=O)O. The monoisotopic (exact) mass is 238 g/mol. The van der Waals surface area contributed by atoms with Crippen molar-refractivity contribution in [3.63, 3.8) is 0 Å². The Hall–Kier alpha value is -2.08. The van der Waals surface area contributed by atoms with E-state index in [1.54, 1.807) is 18.2 Å². The minimum absolute atomic E-state index is 0.0478. The van der Waals surface area contributed by atoms with Crippen molar-refractivity contribution in [3.8, 4) is 0 Å². The molecule has 0 unspecified atom stereocenters. The Morgan fingerprint density at radius 1 is 1.35 bits per heavy atom. The number of hydrogen-bond acceptors (Lipinski definition) is 4. The van der Waals surface area contributed by atoms with Crippen molar-refractivity contribution in [2.45, 2.75) is 12.5 Å². The van der Waals surface area contributed by atoms with E-state index in [4.69, 9.17) is 15.9 Å². The van der Waals surface area contributed by atoms with Gasteiger partial charge in [-0.2, -0.15) is 0 Å². The Bertz CT molecular complexity index is 420. The van der Waals surface area contributed by atoms with Crippen LogP contribution in [0.25, 0.3) is 0 Å². The molecule has 1 amide bonds. The maximum absolute atomic E-state index is 11.7. The molecule has 0 heterocycles. The number of carboxylic acid groups (broad SMARTS) is 1. The summed E-state index contributed by atoms with van der Waals surface area (Å²) in [4.78, 5) is 22.5. The Balaban J connectivity index is 2.77. The number of carbonyl (C=O) groups is 2. The number of nitrogens with two attached hydrogens (primary N) is 1. The summed E-state index contributed by atoms with van der Waals surface area (Å²) in [5.41, 5.74) is 6.08. The van der Waals surface area contributed by atoms with E-state index in [0.717, 1.165) is 0 Å². The number of carboxylic acids is 1. The number of aliphatic carboxylic acids is 1. The van der Waals surface area contributed by atoms with Gasteiger partial charge in [0.2, 0.25) is 0 Å². The molecule has 0 radical (unpaired) electrons. The molecule has 5 N–H and O–H groups in total. The van der Waals surface area contributed by atoms with Gasteiger partial charge in [-0.05, 0) is 12.1 Å². The van der Waals surface area contributed by atoms with Crippen LogP contribution in [-0.4, -0.2) is 34.7 Å². The molecule has 0 aliphatic carbocycles. The number of benzene rings is 1. The molecular weight excluding hydrogens is 224 g/mol. The topological polar surface area (TPSA) is 113 Å². The molecular formula is C11H14N2O4. The highest BCUT2D eigenvalue weighted by atomic mass is 16.4. The molecule has 6 nitrogen and oxygen atoms in total. The molecule has 92 valence electrons. The summed E-state index contributed by atoms with van der Waals surface area (Å²) in [6.07, 6.45) is -0.0478. The van der Waals surface area contributed by atoms with Gasteiger partial charge in [0.05, 0.1) is 5.56 Å². The van der Waals surface area contributed by atoms with Gasteiger partial charge in [-0.1, -0.05) is 12.1 Å². The van der Waals surface area contributed by atoms with E-state index in [9.17, 15) is 9.59 Å². The zero-order chi connectivity index (χ0) is 12.8. The fourth-order valence-corrected chi connectivity index (χ4v) is 1.33. The molecule has 6 heteroatoms. The molecule has 0 aliphatic rings. The van der Waals surface area contributed by atoms with Crippen molar-refractivity contribution in [1.82, 2.24) is 5.32 Å². The van der Waals surface area contributed by atoms with Gasteiger partial charge in [-0.3, -0.25) is 4.79 Å². The molecule has 1 aromatic rings. The van der Waals surface area contributed by atoms with Crippen molar-refractivity contribution >= 4 is 17.6 Å². The number of anilines is 1. The van der Waals surface area contributed by atoms with Crippen molar-refractivity contribution in [2.75, 3.05) is 12.3 Å². The average Bonchev–Trinajstić information content (AvgIpc) is 2.28. The van der Waals surface area contributed by atoms with Gasteiger partial charge in [-0.15, -0.1) is 0 Å². The highest BCUT2D eigenvalue weighted by Gasteiger charge is 2.20. The van der Waals surface area contributed by atoms with Crippen LogP contribution in [-0.2, 0) is 4.79 Å². The number of hydrogen-bond donors (Lipinski definition) is 4. The summed E-state index contributed by atoms with van der Waals surface area (Å²) in [5.74, 6) is -1.76. The second-order valence-electron chi connectivity index (χ2n) is 3.46. The van der Waals surface area contributed by atoms with Crippen molar-refractivity contribution in [1.29, 1.82) is 0 Å². The molecule has 0 saturated heterocycles. The first kappa shape index (κ1) is 13.0. The summed E-state index contributed by atoms with van der Waals surface area (Å²) in [6.45, 7) is -0.318. The minimum Gasteiger partial charge on any atom is -0.480 e. The first-order valence-electron chi connectivity index (χ1n) is 5.05. The van der Waals surface area contributed by atoms with Gasteiger partial charge in [0.1, 0.15) is 6.04 Å². The molecule has 1 rings (SSSR count). The number of carbonyl (C=O) groups excluding carboxylic acids is 1. The van der Waals surface area contributed by atoms with Crippen molar-refractivity contribution < 1.29 is 19.8 Å². The lowest BCUT2D eigenvalue weighted by Crippen LogP contribution is -2.41. The number of aliphatic hydroxyl groups excluding tert-OH is 1. The van der Waals surface area contributed by atoms with Crippen molar-refractivity contribution in [3.05, 3.63) is 29.8 Å². The van der Waals surface area contributed by atoms with Crippen LogP contribution in [0.3, 0.4) is 0 Å². The van der Waals surface area contributed by atoms with Crippen LogP contribution in [0.15, 0.2) is 24.3 Å². The zero-order valence-electron chi connectivity index (χ0n) is 9.09. The lowest BCUT2D eigenvalue weighted by molar-refractivity contribution is -0.139. The second-order valence-corrected chi connectivity index (χ2v) is 3.46. The summed E-state index contributed by atoms with van der Waals surface area (Å²) in [5, 5.41) is 19.8. The minimum atomic E-state index is -1.19. The van der Waals surface area contributed by atoms with Crippen LogP contribution < -0.4 is 11.1 Å². The zero-order valence-corrected chi connectivity index (χ0v) is 9.09. The highest BCUT2D eigenvalue weighted by Crippen LogP contribution is 2.10. The fourth-order valence-electron chi connectivity index (χ4n) is 1.33. The molecule has 0 aromatic heterocycles. The number of aliphatic hydroxyl groups is 1. The number of rotatable bonds is 5. The molecule has 17 heavy (non-hydrogen) atoms. The van der Waals surface area contributed by atoms with Gasteiger partial charge in [0.15, 0.2) is 0 Å². The molecule has 0 saturated carbocycles. The Labute approximate surface area is 98.1 Å². The van der Waals surface area contributed by atoms with Crippen molar-refractivity contribution in [2.24, 2.45) is 0 Å². The van der Waals surface area contributed by atoms with Gasteiger partial charge in [0, 0.05) is 18.7 Å². The number of amides is 1.